The molecule has 1 aromatic heterocycles. The SMILES string of the molecule is CNc1ncnc(N2CCN(CCO)CC2)c1[N+](=O)[O-]. The van der Waals surface area contributed by atoms with E-state index in [4.69, 9.17) is 5.11 Å². The maximum atomic E-state index is 11.2. The molecule has 0 aromatic carbocycles. The number of nitrogens with one attached hydrogen (secondary N) is 1. The summed E-state index contributed by atoms with van der Waals surface area (Å²) in [5, 5.41) is 22.9. The third-order valence-electron chi connectivity index (χ3n) is 3.31. The van der Waals surface area contributed by atoms with E-state index in [0.29, 0.717) is 25.5 Å². The smallest absolute Gasteiger partial charge is 0.353 e. The third kappa shape index (κ3) is 2.94. The van der Waals surface area contributed by atoms with Crippen LogP contribution in [0.3, 0.4) is 0 Å². The summed E-state index contributed by atoms with van der Waals surface area (Å²) in [5.41, 5.74) is -0.0920. The van der Waals surface area contributed by atoms with Gasteiger partial charge in [0.25, 0.3) is 0 Å². The lowest BCUT2D eigenvalue weighted by atomic mass is 10.3. The lowest BCUT2D eigenvalue weighted by Gasteiger charge is -2.34. The van der Waals surface area contributed by atoms with E-state index in [1.54, 1.807) is 7.05 Å². The molecule has 0 atom stereocenters. The summed E-state index contributed by atoms with van der Waals surface area (Å²) in [6.45, 7) is 3.52. The molecule has 0 amide bonds. The minimum atomic E-state index is -0.457. The summed E-state index contributed by atoms with van der Waals surface area (Å²) in [4.78, 5) is 22.7. The molecule has 0 bridgehead atoms. The molecule has 2 heterocycles. The number of aliphatic hydroxyl groups is 1. The standard InChI is InChI=1S/C11H18N6O3/c1-12-10-9(17(19)20)11(14-8-13-10)16-4-2-15(3-5-16)6-7-18/h8,18H,2-7H2,1H3,(H,12,13,14). The quantitative estimate of drug-likeness (QED) is 0.552. The second kappa shape index (κ2) is 6.44. The third-order valence-corrected chi connectivity index (χ3v) is 3.31. The first-order chi connectivity index (χ1) is 9.67. The number of hydrogen-bond donors (Lipinski definition) is 2. The number of aliphatic hydroxyl groups excluding tert-OH is 1. The Balaban J connectivity index is 2.19. The van der Waals surface area contributed by atoms with Crippen LogP contribution in [-0.2, 0) is 0 Å². The summed E-state index contributed by atoms with van der Waals surface area (Å²) >= 11 is 0. The minimum Gasteiger partial charge on any atom is -0.395 e. The van der Waals surface area contributed by atoms with Crippen molar-refractivity contribution in [3.05, 3.63) is 16.4 Å². The monoisotopic (exact) mass is 282 g/mol. The van der Waals surface area contributed by atoms with Crippen molar-refractivity contribution in [2.24, 2.45) is 0 Å². The Morgan fingerprint density at radius 1 is 1.40 bits per heavy atom. The summed E-state index contributed by atoms with van der Waals surface area (Å²) in [7, 11) is 1.60. The average Bonchev–Trinajstić information content (AvgIpc) is 2.47. The van der Waals surface area contributed by atoms with E-state index in [1.165, 1.54) is 6.33 Å². The van der Waals surface area contributed by atoms with E-state index in [9.17, 15) is 10.1 Å². The van der Waals surface area contributed by atoms with Gasteiger partial charge in [0, 0.05) is 39.8 Å². The van der Waals surface area contributed by atoms with E-state index in [0.717, 1.165) is 13.1 Å². The molecule has 9 nitrogen and oxygen atoms in total. The van der Waals surface area contributed by atoms with Gasteiger partial charge in [-0.05, 0) is 0 Å². The van der Waals surface area contributed by atoms with E-state index < -0.39 is 4.92 Å². The topological polar surface area (TPSA) is 108 Å². The first-order valence-electron chi connectivity index (χ1n) is 6.42. The molecule has 0 aliphatic carbocycles. The van der Waals surface area contributed by atoms with Gasteiger partial charge >= 0.3 is 5.69 Å². The number of β-amino-alcohol motifs (C(OH)–C–C–N with tert-alkyl or cyclic N) is 1. The largest absolute Gasteiger partial charge is 0.395 e. The normalized spacial score (nSPS) is 16.2. The fourth-order valence-corrected chi connectivity index (χ4v) is 2.28. The maximum absolute atomic E-state index is 11.2. The van der Waals surface area contributed by atoms with Crippen molar-refractivity contribution in [2.75, 3.05) is 56.6 Å². The van der Waals surface area contributed by atoms with Crippen LogP contribution in [0, 0.1) is 10.1 Å². The van der Waals surface area contributed by atoms with Crippen LogP contribution in [0.2, 0.25) is 0 Å². The van der Waals surface area contributed by atoms with E-state index >= 15 is 0 Å². The summed E-state index contributed by atoms with van der Waals surface area (Å²) in [6.07, 6.45) is 1.33. The number of aromatic nitrogens is 2. The molecular weight excluding hydrogens is 264 g/mol. The summed E-state index contributed by atoms with van der Waals surface area (Å²) in [5.74, 6) is 0.566. The molecule has 1 aliphatic rings. The molecule has 1 fully saturated rings. The predicted octanol–water partition coefficient (Wildman–Crippen LogP) is -0.459. The Bertz CT molecular complexity index is 475. The van der Waals surface area contributed by atoms with Crippen molar-refractivity contribution in [3.63, 3.8) is 0 Å². The number of nitrogens with zero attached hydrogens (tertiary/aromatic N) is 5. The average molecular weight is 282 g/mol. The van der Waals surface area contributed by atoms with Crippen LogP contribution in [0.15, 0.2) is 6.33 Å². The van der Waals surface area contributed by atoms with Crippen LogP contribution in [0.1, 0.15) is 0 Å². The maximum Gasteiger partial charge on any atom is 0.353 e. The predicted molar refractivity (Wildman–Crippen MR) is 74.0 cm³/mol. The number of hydrogen-bond acceptors (Lipinski definition) is 8. The lowest BCUT2D eigenvalue weighted by Crippen LogP contribution is -2.47. The van der Waals surface area contributed by atoms with Crippen molar-refractivity contribution >= 4 is 17.3 Å². The van der Waals surface area contributed by atoms with Crippen LogP contribution < -0.4 is 10.2 Å². The first-order valence-corrected chi connectivity index (χ1v) is 6.42. The molecule has 2 rings (SSSR count). The molecule has 20 heavy (non-hydrogen) atoms. The molecule has 0 saturated carbocycles. The molecule has 110 valence electrons. The van der Waals surface area contributed by atoms with Crippen LogP contribution in [0.5, 0.6) is 0 Å². The van der Waals surface area contributed by atoms with Crippen LogP contribution in [-0.4, -0.2) is 71.3 Å². The highest BCUT2D eigenvalue weighted by atomic mass is 16.6. The Morgan fingerprint density at radius 2 is 2.10 bits per heavy atom. The minimum absolute atomic E-state index is 0.0920. The zero-order chi connectivity index (χ0) is 14.5. The number of piperazine rings is 1. The molecule has 1 aromatic rings. The molecule has 0 radical (unpaired) electrons. The van der Waals surface area contributed by atoms with Crippen LogP contribution >= 0.6 is 0 Å². The highest BCUT2D eigenvalue weighted by Gasteiger charge is 2.28. The van der Waals surface area contributed by atoms with Gasteiger partial charge in [-0.25, -0.2) is 9.97 Å². The van der Waals surface area contributed by atoms with Crippen molar-refractivity contribution in [1.82, 2.24) is 14.9 Å². The van der Waals surface area contributed by atoms with Crippen molar-refractivity contribution in [1.29, 1.82) is 0 Å². The fourth-order valence-electron chi connectivity index (χ4n) is 2.28. The highest BCUT2D eigenvalue weighted by molar-refractivity contribution is 5.70. The van der Waals surface area contributed by atoms with Gasteiger partial charge < -0.3 is 15.3 Å². The Morgan fingerprint density at radius 3 is 2.65 bits per heavy atom. The number of anilines is 2. The van der Waals surface area contributed by atoms with Crippen molar-refractivity contribution in [3.8, 4) is 0 Å². The Hall–Kier alpha value is -2.00. The van der Waals surface area contributed by atoms with Crippen LogP contribution in [0.25, 0.3) is 0 Å². The first kappa shape index (κ1) is 14.4. The summed E-state index contributed by atoms with van der Waals surface area (Å²) < 4.78 is 0. The lowest BCUT2D eigenvalue weighted by molar-refractivity contribution is -0.383. The molecule has 9 heteroatoms. The molecule has 1 saturated heterocycles. The van der Waals surface area contributed by atoms with Gasteiger partial charge in [-0.3, -0.25) is 15.0 Å². The Kier molecular flexibility index (Phi) is 4.64. The number of rotatable bonds is 5. The van der Waals surface area contributed by atoms with Crippen molar-refractivity contribution < 1.29 is 10.0 Å². The molecular formula is C11H18N6O3. The van der Waals surface area contributed by atoms with Gasteiger partial charge in [-0.2, -0.15) is 0 Å². The summed E-state index contributed by atoms with van der Waals surface area (Å²) in [6, 6.07) is 0. The zero-order valence-corrected chi connectivity index (χ0v) is 11.3. The molecule has 0 unspecified atom stereocenters. The van der Waals surface area contributed by atoms with Gasteiger partial charge in [0.15, 0.2) is 0 Å². The zero-order valence-electron chi connectivity index (χ0n) is 11.3. The van der Waals surface area contributed by atoms with Gasteiger partial charge in [-0.15, -0.1) is 0 Å². The van der Waals surface area contributed by atoms with E-state index in [1.807, 2.05) is 4.90 Å². The fraction of sp³-hybridized carbons (Fsp3) is 0.636. The van der Waals surface area contributed by atoms with E-state index in [2.05, 4.69) is 20.2 Å². The molecule has 1 aliphatic heterocycles. The number of nitro groups is 1. The van der Waals surface area contributed by atoms with Gasteiger partial charge in [0.2, 0.25) is 11.6 Å². The van der Waals surface area contributed by atoms with Crippen LogP contribution in [0.4, 0.5) is 17.3 Å². The van der Waals surface area contributed by atoms with Gasteiger partial charge in [-0.1, -0.05) is 0 Å². The Labute approximate surface area is 116 Å². The van der Waals surface area contributed by atoms with Crippen molar-refractivity contribution in [2.45, 2.75) is 0 Å². The molecule has 0 spiro atoms. The van der Waals surface area contributed by atoms with E-state index in [-0.39, 0.29) is 18.1 Å². The van der Waals surface area contributed by atoms with Gasteiger partial charge in [0.05, 0.1) is 11.5 Å². The highest BCUT2D eigenvalue weighted by Crippen LogP contribution is 2.31. The van der Waals surface area contributed by atoms with Gasteiger partial charge in [0.1, 0.15) is 6.33 Å². The second-order valence-corrected chi connectivity index (χ2v) is 4.45. The molecule has 2 N–H and O–H groups in total. The second-order valence-electron chi connectivity index (χ2n) is 4.45.